The Bertz CT molecular complexity index is 847. The molecule has 0 radical (unpaired) electrons. The quantitative estimate of drug-likeness (QED) is 0.743. The number of ether oxygens (including phenoxy) is 1. The molecule has 1 aromatic heterocycles. The van der Waals surface area contributed by atoms with E-state index in [9.17, 15) is 0 Å². The Morgan fingerprint density at radius 3 is 2.62 bits per heavy atom. The summed E-state index contributed by atoms with van der Waals surface area (Å²) in [5.41, 5.74) is 6.41. The molecule has 1 N–H and O–H groups in total. The van der Waals surface area contributed by atoms with Gasteiger partial charge in [0.05, 0.1) is 5.69 Å². The Morgan fingerprint density at radius 2 is 1.77 bits per heavy atom. The van der Waals surface area contributed by atoms with Crippen molar-refractivity contribution in [1.29, 1.82) is 0 Å². The van der Waals surface area contributed by atoms with Gasteiger partial charge in [-0.15, -0.1) is 5.10 Å². The first kappa shape index (κ1) is 16.7. The molecule has 2 heterocycles. The van der Waals surface area contributed by atoms with Crippen LogP contribution in [0.15, 0.2) is 60.7 Å². The van der Waals surface area contributed by atoms with Crippen molar-refractivity contribution in [1.82, 2.24) is 15.5 Å². The fraction of sp³-hybridized carbons (Fsp3) is 0.273. The number of aryl methyl sites for hydroxylation is 2. The van der Waals surface area contributed by atoms with Gasteiger partial charge in [0.15, 0.2) is 0 Å². The topological polar surface area (TPSA) is 47.0 Å². The van der Waals surface area contributed by atoms with E-state index in [4.69, 9.17) is 4.74 Å². The Hall–Kier alpha value is -2.72. The van der Waals surface area contributed by atoms with Crippen LogP contribution in [0.25, 0.3) is 0 Å². The zero-order valence-electron chi connectivity index (χ0n) is 14.8. The van der Waals surface area contributed by atoms with Gasteiger partial charge in [-0.05, 0) is 54.1 Å². The molecule has 0 spiro atoms. The molecule has 0 amide bonds. The minimum atomic E-state index is 0.513. The van der Waals surface area contributed by atoms with Gasteiger partial charge in [0, 0.05) is 12.6 Å². The first-order chi connectivity index (χ1) is 12.9. The van der Waals surface area contributed by atoms with Gasteiger partial charge < -0.3 is 10.1 Å². The maximum Gasteiger partial charge on any atom is 0.233 e. The van der Waals surface area contributed by atoms with Crippen LogP contribution in [0.5, 0.6) is 5.88 Å². The number of hydrogen-bond acceptors (Lipinski definition) is 4. The van der Waals surface area contributed by atoms with E-state index in [0.717, 1.165) is 43.6 Å². The summed E-state index contributed by atoms with van der Waals surface area (Å²) in [5, 5.41) is 11.9. The summed E-state index contributed by atoms with van der Waals surface area (Å²) in [6, 6.07) is 20.8. The third-order valence-corrected chi connectivity index (χ3v) is 4.75. The maximum atomic E-state index is 5.69. The first-order valence-electron chi connectivity index (χ1n) is 9.17. The third-order valence-electron chi connectivity index (χ3n) is 4.75. The Balaban J connectivity index is 1.31. The highest BCUT2D eigenvalue weighted by molar-refractivity contribution is 5.34. The number of nitrogens with one attached hydrogen (secondary N) is 1. The molecular weight excluding hydrogens is 322 g/mol. The summed E-state index contributed by atoms with van der Waals surface area (Å²) in [5.74, 6) is 0.568. The molecule has 2 aromatic carbocycles. The number of hydrogen-bond donors (Lipinski definition) is 1. The predicted octanol–water partition coefficient (Wildman–Crippen LogP) is 3.49. The van der Waals surface area contributed by atoms with Crippen molar-refractivity contribution in [3.63, 3.8) is 0 Å². The Labute approximate surface area is 154 Å². The average Bonchev–Trinajstić information content (AvgIpc) is 2.72. The van der Waals surface area contributed by atoms with Crippen molar-refractivity contribution < 1.29 is 4.74 Å². The van der Waals surface area contributed by atoms with E-state index < -0.39 is 0 Å². The molecule has 26 heavy (non-hydrogen) atoms. The summed E-state index contributed by atoms with van der Waals surface area (Å²) in [6.07, 6.45) is 3.00. The predicted molar refractivity (Wildman–Crippen MR) is 102 cm³/mol. The molecule has 0 aliphatic carbocycles. The lowest BCUT2D eigenvalue weighted by atomic mass is 9.96. The van der Waals surface area contributed by atoms with E-state index in [1.807, 2.05) is 42.5 Å². The fourth-order valence-electron chi connectivity index (χ4n) is 3.25. The number of fused-ring (bicyclic) bond motifs is 1. The second kappa shape index (κ2) is 8.11. The van der Waals surface area contributed by atoms with Crippen LogP contribution in [0.2, 0.25) is 0 Å². The lowest BCUT2D eigenvalue weighted by molar-refractivity contribution is 0.290. The van der Waals surface area contributed by atoms with Crippen LogP contribution in [0.4, 0.5) is 0 Å². The number of aromatic nitrogens is 2. The molecule has 132 valence electrons. The van der Waals surface area contributed by atoms with E-state index in [1.165, 1.54) is 16.7 Å². The minimum absolute atomic E-state index is 0.513. The van der Waals surface area contributed by atoms with Crippen molar-refractivity contribution in [2.24, 2.45) is 0 Å². The molecule has 0 saturated heterocycles. The molecule has 0 unspecified atom stereocenters. The van der Waals surface area contributed by atoms with Crippen LogP contribution in [0.1, 0.15) is 27.9 Å². The van der Waals surface area contributed by atoms with Gasteiger partial charge in [-0.25, -0.2) is 0 Å². The van der Waals surface area contributed by atoms with Crippen molar-refractivity contribution >= 4 is 0 Å². The lowest BCUT2D eigenvalue weighted by Gasteiger charge is -2.17. The van der Waals surface area contributed by atoms with Crippen LogP contribution in [0, 0.1) is 0 Å². The van der Waals surface area contributed by atoms with Crippen LogP contribution < -0.4 is 10.1 Å². The van der Waals surface area contributed by atoms with Gasteiger partial charge in [0.25, 0.3) is 0 Å². The maximum absolute atomic E-state index is 5.69. The number of benzene rings is 2. The summed E-state index contributed by atoms with van der Waals surface area (Å²) < 4.78 is 5.69. The third kappa shape index (κ3) is 4.27. The van der Waals surface area contributed by atoms with Gasteiger partial charge in [-0.1, -0.05) is 48.5 Å². The SMILES string of the molecule is c1ccc(COc2ccc(CCc3ccc4c(c3)CCNC4)nn2)cc1. The molecule has 1 aliphatic rings. The number of nitrogens with zero attached hydrogens (tertiary/aromatic N) is 2. The van der Waals surface area contributed by atoms with E-state index in [1.54, 1.807) is 0 Å². The molecule has 4 rings (SSSR count). The molecule has 4 nitrogen and oxygen atoms in total. The number of rotatable bonds is 6. The largest absolute Gasteiger partial charge is 0.472 e. The highest BCUT2D eigenvalue weighted by atomic mass is 16.5. The Morgan fingerprint density at radius 1 is 0.846 bits per heavy atom. The summed E-state index contributed by atoms with van der Waals surface area (Å²) >= 11 is 0. The van der Waals surface area contributed by atoms with Crippen LogP contribution in [0.3, 0.4) is 0 Å². The molecule has 1 aliphatic heterocycles. The summed E-state index contributed by atoms with van der Waals surface area (Å²) in [4.78, 5) is 0. The van der Waals surface area contributed by atoms with Crippen LogP contribution in [-0.2, 0) is 32.4 Å². The van der Waals surface area contributed by atoms with Gasteiger partial charge >= 0.3 is 0 Å². The van der Waals surface area contributed by atoms with E-state index in [2.05, 4.69) is 33.7 Å². The fourth-order valence-corrected chi connectivity index (χ4v) is 3.25. The van der Waals surface area contributed by atoms with Gasteiger partial charge in [0.2, 0.25) is 5.88 Å². The van der Waals surface area contributed by atoms with Gasteiger partial charge in [0.1, 0.15) is 6.61 Å². The monoisotopic (exact) mass is 345 g/mol. The van der Waals surface area contributed by atoms with Gasteiger partial charge in [-0.3, -0.25) is 0 Å². The van der Waals surface area contributed by atoms with E-state index in [-0.39, 0.29) is 0 Å². The summed E-state index contributed by atoms with van der Waals surface area (Å²) in [6.45, 7) is 2.58. The standard InChI is InChI=1S/C22H23N3O/c1-2-4-18(5-3-1)16-26-22-11-10-21(24-25-22)9-7-17-6-8-20-15-23-13-12-19(20)14-17/h1-6,8,10-11,14,23H,7,9,12-13,15-16H2. The normalized spacial score (nSPS) is 13.2. The minimum Gasteiger partial charge on any atom is -0.472 e. The van der Waals surface area contributed by atoms with Crippen LogP contribution in [-0.4, -0.2) is 16.7 Å². The highest BCUT2D eigenvalue weighted by Crippen LogP contribution is 2.17. The molecule has 3 aromatic rings. The smallest absolute Gasteiger partial charge is 0.233 e. The second-order valence-corrected chi connectivity index (χ2v) is 6.67. The van der Waals surface area contributed by atoms with E-state index in [0.29, 0.717) is 12.5 Å². The van der Waals surface area contributed by atoms with Crippen molar-refractivity contribution in [2.45, 2.75) is 32.4 Å². The molecule has 0 atom stereocenters. The lowest BCUT2D eigenvalue weighted by Crippen LogP contribution is -2.23. The molecule has 0 fully saturated rings. The van der Waals surface area contributed by atoms with Crippen molar-refractivity contribution in [3.8, 4) is 5.88 Å². The van der Waals surface area contributed by atoms with E-state index >= 15 is 0 Å². The molecular formula is C22H23N3O. The Kier molecular flexibility index (Phi) is 5.22. The second-order valence-electron chi connectivity index (χ2n) is 6.67. The molecule has 0 bridgehead atoms. The zero-order valence-corrected chi connectivity index (χ0v) is 14.8. The van der Waals surface area contributed by atoms with Gasteiger partial charge in [-0.2, -0.15) is 5.10 Å². The molecule has 4 heteroatoms. The van der Waals surface area contributed by atoms with Crippen LogP contribution >= 0.6 is 0 Å². The zero-order chi connectivity index (χ0) is 17.6. The highest BCUT2D eigenvalue weighted by Gasteiger charge is 2.09. The van der Waals surface area contributed by atoms with Crippen molar-refractivity contribution in [3.05, 3.63) is 88.6 Å². The van der Waals surface area contributed by atoms with Crippen molar-refractivity contribution in [2.75, 3.05) is 6.54 Å². The summed E-state index contributed by atoms with van der Waals surface area (Å²) in [7, 11) is 0. The first-order valence-corrected chi connectivity index (χ1v) is 9.17. The molecule has 0 saturated carbocycles. The average molecular weight is 345 g/mol.